The van der Waals surface area contributed by atoms with Gasteiger partial charge in [-0.3, -0.25) is 0 Å². The lowest BCUT2D eigenvalue weighted by Gasteiger charge is -2.19. The molecule has 0 bridgehead atoms. The maximum atomic E-state index is 11.8. The maximum Gasteiger partial charge on any atom is 0.407 e. The van der Waals surface area contributed by atoms with Crippen molar-refractivity contribution in [2.45, 2.75) is 52.7 Å². The summed E-state index contributed by atoms with van der Waals surface area (Å²) in [5.41, 5.74) is 8.88. The molecule has 0 unspecified atom stereocenters. The second kappa shape index (κ2) is 7.46. The summed E-state index contributed by atoms with van der Waals surface area (Å²) in [7, 11) is 0. The van der Waals surface area contributed by atoms with Crippen LogP contribution in [-0.2, 0) is 11.3 Å². The largest absolute Gasteiger partial charge is 0.444 e. The van der Waals surface area contributed by atoms with Gasteiger partial charge in [0.1, 0.15) is 29.0 Å². The number of alkyl carbamates (subject to hydrolysis) is 1. The SMILES string of the molecule is CC(C)c1nc(-c2ccc(CNC(=O)OC(C)(C)C)cc2)c2c(N)ncnn12. The standard InChI is InChI=1S/C20H26N6O2/c1-12(2)18-25-15(16-17(21)23-11-24-26(16)18)14-8-6-13(7-9-14)10-22-19(27)28-20(3,4)5/h6-9,11-12H,10H2,1-5H3,(H,22,27)(H2,21,23,24). The first-order valence-electron chi connectivity index (χ1n) is 9.21. The van der Waals surface area contributed by atoms with E-state index in [2.05, 4.69) is 29.2 Å². The molecule has 0 aliphatic heterocycles. The number of carbonyl (C=O) groups is 1. The summed E-state index contributed by atoms with van der Waals surface area (Å²) >= 11 is 0. The zero-order chi connectivity index (χ0) is 20.5. The van der Waals surface area contributed by atoms with Crippen molar-refractivity contribution in [3.63, 3.8) is 0 Å². The summed E-state index contributed by atoms with van der Waals surface area (Å²) in [5.74, 6) is 1.41. The highest BCUT2D eigenvalue weighted by Gasteiger charge is 2.19. The second-order valence-electron chi connectivity index (χ2n) is 7.93. The van der Waals surface area contributed by atoms with Gasteiger partial charge in [-0.05, 0) is 26.3 Å². The lowest BCUT2D eigenvalue weighted by atomic mass is 10.1. The molecule has 2 heterocycles. The van der Waals surface area contributed by atoms with E-state index in [9.17, 15) is 4.79 Å². The molecule has 3 aromatic rings. The number of aromatic nitrogens is 4. The van der Waals surface area contributed by atoms with E-state index in [0.717, 1.165) is 22.6 Å². The number of anilines is 1. The van der Waals surface area contributed by atoms with Gasteiger partial charge in [0.15, 0.2) is 5.82 Å². The first-order chi connectivity index (χ1) is 13.2. The molecule has 1 aromatic carbocycles. The number of carbonyl (C=O) groups excluding carboxylic acids is 1. The fourth-order valence-corrected chi connectivity index (χ4v) is 2.82. The number of hydrogen-bond donors (Lipinski definition) is 2. The molecule has 3 rings (SSSR count). The molecule has 8 nitrogen and oxygen atoms in total. The van der Waals surface area contributed by atoms with Crippen molar-refractivity contribution >= 4 is 17.4 Å². The van der Waals surface area contributed by atoms with Gasteiger partial charge in [-0.2, -0.15) is 5.10 Å². The van der Waals surface area contributed by atoms with Crippen LogP contribution in [0.25, 0.3) is 16.8 Å². The molecule has 0 aliphatic carbocycles. The lowest BCUT2D eigenvalue weighted by molar-refractivity contribution is 0.0523. The molecule has 0 fully saturated rings. The second-order valence-corrected chi connectivity index (χ2v) is 7.93. The van der Waals surface area contributed by atoms with Crippen molar-refractivity contribution in [2.75, 3.05) is 5.73 Å². The number of nitrogens with two attached hydrogens (primary N) is 1. The number of nitrogen functional groups attached to an aromatic ring is 1. The molecule has 1 amide bonds. The third kappa shape index (κ3) is 4.21. The normalized spacial score (nSPS) is 11.8. The fourth-order valence-electron chi connectivity index (χ4n) is 2.82. The molecule has 3 N–H and O–H groups in total. The Kier molecular flexibility index (Phi) is 5.22. The number of rotatable bonds is 4. The summed E-state index contributed by atoms with van der Waals surface area (Å²) < 4.78 is 7.00. The van der Waals surface area contributed by atoms with Crippen LogP contribution in [0.3, 0.4) is 0 Å². The molecule has 148 valence electrons. The quantitative estimate of drug-likeness (QED) is 0.715. The van der Waals surface area contributed by atoms with Gasteiger partial charge < -0.3 is 15.8 Å². The van der Waals surface area contributed by atoms with Crippen LogP contribution in [0.5, 0.6) is 0 Å². The molecule has 2 aromatic heterocycles. The Morgan fingerprint density at radius 1 is 1.25 bits per heavy atom. The lowest BCUT2D eigenvalue weighted by Crippen LogP contribution is -2.32. The van der Waals surface area contributed by atoms with Crippen LogP contribution in [0.15, 0.2) is 30.6 Å². The van der Waals surface area contributed by atoms with Gasteiger partial charge in [-0.25, -0.2) is 19.3 Å². The molecule has 0 saturated carbocycles. The van der Waals surface area contributed by atoms with E-state index < -0.39 is 11.7 Å². The number of imidazole rings is 1. The summed E-state index contributed by atoms with van der Waals surface area (Å²) in [4.78, 5) is 20.7. The van der Waals surface area contributed by atoms with E-state index in [0.29, 0.717) is 17.9 Å². The molecular weight excluding hydrogens is 356 g/mol. The van der Waals surface area contributed by atoms with Crippen LogP contribution >= 0.6 is 0 Å². The average Bonchev–Trinajstić information content (AvgIpc) is 3.00. The smallest absolute Gasteiger partial charge is 0.407 e. The predicted octanol–water partition coefficient (Wildman–Crippen LogP) is 3.52. The van der Waals surface area contributed by atoms with Gasteiger partial charge in [-0.15, -0.1) is 0 Å². The van der Waals surface area contributed by atoms with E-state index >= 15 is 0 Å². The first-order valence-corrected chi connectivity index (χ1v) is 9.21. The van der Waals surface area contributed by atoms with Crippen molar-refractivity contribution in [1.29, 1.82) is 0 Å². The van der Waals surface area contributed by atoms with Gasteiger partial charge in [0, 0.05) is 18.0 Å². The van der Waals surface area contributed by atoms with Crippen LogP contribution < -0.4 is 11.1 Å². The molecule has 0 aliphatic rings. The van der Waals surface area contributed by atoms with E-state index in [1.54, 1.807) is 4.52 Å². The number of amides is 1. The van der Waals surface area contributed by atoms with Crippen LogP contribution in [0.2, 0.25) is 0 Å². The molecular formula is C20H26N6O2. The van der Waals surface area contributed by atoms with Crippen LogP contribution in [0, 0.1) is 0 Å². The minimum atomic E-state index is -0.522. The van der Waals surface area contributed by atoms with Crippen molar-refractivity contribution in [3.05, 3.63) is 42.0 Å². The van der Waals surface area contributed by atoms with E-state index in [1.165, 1.54) is 6.33 Å². The predicted molar refractivity (Wildman–Crippen MR) is 108 cm³/mol. The topological polar surface area (TPSA) is 107 Å². The Hall–Kier alpha value is -3.16. The van der Waals surface area contributed by atoms with E-state index in [4.69, 9.17) is 15.5 Å². The van der Waals surface area contributed by atoms with E-state index in [-0.39, 0.29) is 5.92 Å². The van der Waals surface area contributed by atoms with Crippen LogP contribution in [0.1, 0.15) is 51.9 Å². The minimum absolute atomic E-state index is 0.188. The third-order valence-corrected chi connectivity index (χ3v) is 4.07. The Morgan fingerprint density at radius 3 is 2.54 bits per heavy atom. The molecule has 8 heteroatoms. The number of benzene rings is 1. The first kappa shape index (κ1) is 19.6. The number of hydrogen-bond acceptors (Lipinski definition) is 6. The number of fused-ring (bicyclic) bond motifs is 1. The zero-order valence-corrected chi connectivity index (χ0v) is 16.9. The third-order valence-electron chi connectivity index (χ3n) is 4.07. The molecule has 0 spiro atoms. The van der Waals surface area contributed by atoms with Crippen LogP contribution in [0.4, 0.5) is 10.6 Å². The summed E-state index contributed by atoms with van der Waals surface area (Å²) in [6, 6.07) is 7.77. The average molecular weight is 382 g/mol. The molecule has 0 atom stereocenters. The monoisotopic (exact) mass is 382 g/mol. The van der Waals surface area contributed by atoms with Gasteiger partial charge in [0.25, 0.3) is 0 Å². The Balaban J connectivity index is 1.83. The van der Waals surface area contributed by atoms with Gasteiger partial charge >= 0.3 is 6.09 Å². The van der Waals surface area contributed by atoms with Crippen molar-refractivity contribution < 1.29 is 9.53 Å². The van der Waals surface area contributed by atoms with Crippen molar-refractivity contribution in [3.8, 4) is 11.3 Å². The van der Waals surface area contributed by atoms with Crippen molar-refractivity contribution in [2.24, 2.45) is 0 Å². The molecule has 0 saturated heterocycles. The number of nitrogens with zero attached hydrogens (tertiary/aromatic N) is 4. The highest BCUT2D eigenvalue weighted by Crippen LogP contribution is 2.29. The Morgan fingerprint density at radius 2 is 1.93 bits per heavy atom. The summed E-state index contributed by atoms with van der Waals surface area (Å²) in [6.45, 7) is 9.98. The van der Waals surface area contributed by atoms with Gasteiger partial charge in [-0.1, -0.05) is 38.1 Å². The van der Waals surface area contributed by atoms with Gasteiger partial charge in [0.2, 0.25) is 0 Å². The minimum Gasteiger partial charge on any atom is -0.444 e. The highest BCUT2D eigenvalue weighted by molar-refractivity contribution is 5.85. The van der Waals surface area contributed by atoms with E-state index in [1.807, 2.05) is 45.0 Å². The highest BCUT2D eigenvalue weighted by atomic mass is 16.6. The summed E-state index contributed by atoms with van der Waals surface area (Å²) in [5, 5.41) is 7.06. The summed E-state index contributed by atoms with van der Waals surface area (Å²) in [6.07, 6.45) is 0.994. The number of nitrogens with one attached hydrogen (secondary N) is 1. The molecule has 28 heavy (non-hydrogen) atoms. The van der Waals surface area contributed by atoms with Crippen molar-refractivity contribution in [1.82, 2.24) is 24.9 Å². The Bertz CT molecular complexity index is 986. The fraction of sp³-hybridized carbons (Fsp3) is 0.400. The molecule has 0 radical (unpaired) electrons. The van der Waals surface area contributed by atoms with Gasteiger partial charge in [0.05, 0.1) is 0 Å². The number of ether oxygens (including phenoxy) is 1. The maximum absolute atomic E-state index is 11.8. The zero-order valence-electron chi connectivity index (χ0n) is 16.9. The van der Waals surface area contributed by atoms with Crippen LogP contribution in [-0.4, -0.2) is 31.3 Å². The Labute approximate surface area is 164 Å².